The molecule has 134 valence electrons. The van der Waals surface area contributed by atoms with E-state index >= 15 is 0 Å². The molecule has 2 fully saturated rings. The molecule has 1 aromatic heterocycles. The Morgan fingerprint density at radius 1 is 1.32 bits per heavy atom. The summed E-state index contributed by atoms with van der Waals surface area (Å²) in [6.07, 6.45) is 7.93. The Labute approximate surface area is 147 Å². The summed E-state index contributed by atoms with van der Waals surface area (Å²) >= 11 is 0. The number of nitrogens with zero attached hydrogens (tertiary/aromatic N) is 3. The van der Waals surface area contributed by atoms with Crippen molar-refractivity contribution in [3.8, 4) is 0 Å². The lowest BCUT2D eigenvalue weighted by Gasteiger charge is -2.32. The number of hydrogen-bond donors (Lipinski definition) is 1. The number of likely N-dealkylation sites (N-methyl/N-ethyl adjacent to an activating group) is 1. The van der Waals surface area contributed by atoms with Gasteiger partial charge in [-0.3, -0.25) is 24.7 Å². The number of anilines is 1. The number of amides is 3. The van der Waals surface area contributed by atoms with Crippen molar-refractivity contribution in [2.45, 2.75) is 44.6 Å². The highest BCUT2D eigenvalue weighted by Gasteiger charge is 2.32. The molecule has 3 amide bonds. The normalized spacial score (nSPS) is 21.0. The minimum Gasteiger partial charge on any atom is -0.370 e. The highest BCUT2D eigenvalue weighted by molar-refractivity contribution is 6.01. The number of imide groups is 1. The molecule has 25 heavy (non-hydrogen) atoms. The minimum absolute atomic E-state index is 0.126. The van der Waals surface area contributed by atoms with Gasteiger partial charge in [0.1, 0.15) is 6.04 Å². The SMILES string of the molecule is CN(C(=O)Cc1ccncc1N1CCCCC1)C1CCC(=O)NC1=O. The number of nitrogens with one attached hydrogen (secondary N) is 1. The van der Waals surface area contributed by atoms with E-state index in [9.17, 15) is 14.4 Å². The Kier molecular flexibility index (Phi) is 5.31. The van der Waals surface area contributed by atoms with Gasteiger partial charge < -0.3 is 9.80 Å². The van der Waals surface area contributed by atoms with Gasteiger partial charge in [-0.2, -0.15) is 0 Å². The van der Waals surface area contributed by atoms with Crippen molar-refractivity contribution < 1.29 is 14.4 Å². The van der Waals surface area contributed by atoms with E-state index in [0.717, 1.165) is 37.2 Å². The highest BCUT2D eigenvalue weighted by Crippen LogP contribution is 2.24. The standard InChI is InChI=1S/C18H24N4O3/c1-21(14-5-6-16(23)20-18(14)25)17(24)11-13-7-8-19-12-15(13)22-9-3-2-4-10-22/h7-8,12,14H,2-6,9-11H2,1H3,(H,20,23,25). The van der Waals surface area contributed by atoms with Crippen LogP contribution < -0.4 is 10.2 Å². The lowest BCUT2D eigenvalue weighted by molar-refractivity contribution is -0.144. The first-order valence-corrected chi connectivity index (χ1v) is 8.83. The molecule has 0 spiro atoms. The molecular formula is C18H24N4O3. The third-order valence-corrected chi connectivity index (χ3v) is 5.00. The van der Waals surface area contributed by atoms with E-state index in [1.165, 1.54) is 11.3 Å². The Bertz CT molecular complexity index is 670. The van der Waals surface area contributed by atoms with Crippen LogP contribution in [0.25, 0.3) is 0 Å². The van der Waals surface area contributed by atoms with Crippen LogP contribution in [-0.4, -0.2) is 53.8 Å². The van der Waals surface area contributed by atoms with Gasteiger partial charge in [0, 0.05) is 32.8 Å². The summed E-state index contributed by atoms with van der Waals surface area (Å²) in [6, 6.07) is 1.30. The molecule has 2 aliphatic rings. The zero-order valence-electron chi connectivity index (χ0n) is 14.5. The molecule has 3 rings (SSSR count). The Morgan fingerprint density at radius 2 is 2.08 bits per heavy atom. The van der Waals surface area contributed by atoms with Gasteiger partial charge in [-0.15, -0.1) is 0 Å². The summed E-state index contributed by atoms with van der Waals surface area (Å²) in [5.41, 5.74) is 1.94. The summed E-state index contributed by atoms with van der Waals surface area (Å²) in [6.45, 7) is 1.96. The number of carbonyl (C=O) groups excluding carboxylic acids is 3. The van der Waals surface area contributed by atoms with Gasteiger partial charge in [0.25, 0.3) is 0 Å². The fourth-order valence-electron chi connectivity index (χ4n) is 3.50. The van der Waals surface area contributed by atoms with Crippen LogP contribution in [0.4, 0.5) is 5.69 Å². The van der Waals surface area contributed by atoms with Crippen LogP contribution in [0.5, 0.6) is 0 Å². The van der Waals surface area contributed by atoms with Crippen molar-refractivity contribution >= 4 is 23.4 Å². The van der Waals surface area contributed by atoms with Crippen molar-refractivity contribution in [3.05, 3.63) is 24.0 Å². The van der Waals surface area contributed by atoms with Crippen LogP contribution in [0.15, 0.2) is 18.5 Å². The van der Waals surface area contributed by atoms with Crippen LogP contribution in [0, 0.1) is 0 Å². The molecule has 7 heteroatoms. The third-order valence-electron chi connectivity index (χ3n) is 5.00. The van der Waals surface area contributed by atoms with E-state index in [1.54, 1.807) is 13.2 Å². The summed E-state index contributed by atoms with van der Waals surface area (Å²) in [7, 11) is 1.63. The van der Waals surface area contributed by atoms with Crippen molar-refractivity contribution in [1.82, 2.24) is 15.2 Å². The first kappa shape index (κ1) is 17.4. The fraction of sp³-hybridized carbons (Fsp3) is 0.556. The second-order valence-corrected chi connectivity index (χ2v) is 6.70. The summed E-state index contributed by atoms with van der Waals surface area (Å²) in [5.74, 6) is -0.791. The van der Waals surface area contributed by atoms with Crippen molar-refractivity contribution in [2.24, 2.45) is 0 Å². The first-order valence-electron chi connectivity index (χ1n) is 8.83. The van der Waals surface area contributed by atoms with Crippen LogP contribution in [-0.2, 0) is 20.8 Å². The molecule has 1 N–H and O–H groups in total. The zero-order valence-corrected chi connectivity index (χ0v) is 14.5. The predicted molar refractivity (Wildman–Crippen MR) is 92.9 cm³/mol. The lowest BCUT2D eigenvalue weighted by Crippen LogP contribution is -2.53. The zero-order chi connectivity index (χ0) is 17.8. The third kappa shape index (κ3) is 3.97. The van der Waals surface area contributed by atoms with E-state index < -0.39 is 11.9 Å². The maximum atomic E-state index is 12.7. The number of hydrogen-bond acceptors (Lipinski definition) is 5. The largest absolute Gasteiger partial charge is 0.370 e. The van der Waals surface area contributed by atoms with Gasteiger partial charge in [-0.25, -0.2) is 0 Å². The molecule has 0 saturated carbocycles. The van der Waals surface area contributed by atoms with Crippen LogP contribution in [0.3, 0.4) is 0 Å². The Morgan fingerprint density at radius 3 is 2.80 bits per heavy atom. The van der Waals surface area contributed by atoms with E-state index in [0.29, 0.717) is 6.42 Å². The average Bonchev–Trinajstić information content (AvgIpc) is 2.62. The molecule has 0 aliphatic carbocycles. The first-order chi connectivity index (χ1) is 12.1. The highest BCUT2D eigenvalue weighted by atomic mass is 16.2. The van der Waals surface area contributed by atoms with Crippen molar-refractivity contribution in [2.75, 3.05) is 25.0 Å². The van der Waals surface area contributed by atoms with Gasteiger partial charge in [-0.1, -0.05) is 0 Å². The van der Waals surface area contributed by atoms with Gasteiger partial charge in [0.05, 0.1) is 18.3 Å². The maximum absolute atomic E-state index is 12.7. The number of carbonyl (C=O) groups is 3. The van der Waals surface area contributed by atoms with Crippen molar-refractivity contribution in [1.29, 1.82) is 0 Å². The molecule has 7 nitrogen and oxygen atoms in total. The number of piperidine rings is 2. The molecular weight excluding hydrogens is 320 g/mol. The molecule has 1 atom stereocenters. The van der Waals surface area contributed by atoms with Gasteiger partial charge in [0.15, 0.2) is 0 Å². The van der Waals surface area contributed by atoms with Crippen molar-refractivity contribution in [3.63, 3.8) is 0 Å². The van der Waals surface area contributed by atoms with E-state index in [1.807, 2.05) is 12.3 Å². The molecule has 3 heterocycles. The summed E-state index contributed by atoms with van der Waals surface area (Å²) in [5, 5.41) is 2.30. The second-order valence-electron chi connectivity index (χ2n) is 6.70. The Balaban J connectivity index is 1.70. The van der Waals surface area contributed by atoms with Crippen LogP contribution in [0.2, 0.25) is 0 Å². The number of rotatable bonds is 4. The van der Waals surface area contributed by atoms with Gasteiger partial charge in [0.2, 0.25) is 17.7 Å². The maximum Gasteiger partial charge on any atom is 0.249 e. The second kappa shape index (κ2) is 7.63. The minimum atomic E-state index is -0.578. The van der Waals surface area contributed by atoms with Crippen LogP contribution >= 0.6 is 0 Å². The van der Waals surface area contributed by atoms with E-state index in [4.69, 9.17) is 0 Å². The molecule has 0 radical (unpaired) electrons. The monoisotopic (exact) mass is 344 g/mol. The lowest BCUT2D eigenvalue weighted by atomic mass is 10.0. The smallest absolute Gasteiger partial charge is 0.249 e. The van der Waals surface area contributed by atoms with E-state index in [2.05, 4.69) is 15.2 Å². The summed E-state index contributed by atoms with van der Waals surface area (Å²) in [4.78, 5) is 43.9. The quantitative estimate of drug-likeness (QED) is 0.820. The average molecular weight is 344 g/mol. The molecule has 2 aliphatic heterocycles. The molecule has 0 aromatic carbocycles. The van der Waals surface area contributed by atoms with E-state index in [-0.39, 0.29) is 24.7 Å². The van der Waals surface area contributed by atoms with Gasteiger partial charge in [-0.05, 0) is 37.3 Å². The molecule has 2 saturated heterocycles. The molecule has 1 aromatic rings. The van der Waals surface area contributed by atoms with Gasteiger partial charge >= 0.3 is 0 Å². The fourth-order valence-corrected chi connectivity index (χ4v) is 3.50. The predicted octanol–water partition coefficient (Wildman–Crippen LogP) is 0.878. The molecule has 0 bridgehead atoms. The topological polar surface area (TPSA) is 82.6 Å². The number of aromatic nitrogens is 1. The Hall–Kier alpha value is -2.44. The summed E-state index contributed by atoms with van der Waals surface area (Å²) < 4.78 is 0. The van der Waals surface area contributed by atoms with Crippen LogP contribution in [0.1, 0.15) is 37.7 Å². The number of pyridine rings is 1. The molecule has 1 unspecified atom stereocenters.